The summed E-state index contributed by atoms with van der Waals surface area (Å²) in [6, 6.07) is 3.38. The molecule has 19 heavy (non-hydrogen) atoms. The zero-order valence-corrected chi connectivity index (χ0v) is 10.0. The van der Waals surface area contributed by atoms with Crippen molar-refractivity contribution in [3.63, 3.8) is 0 Å². The van der Waals surface area contributed by atoms with Crippen LogP contribution >= 0.6 is 0 Å². The number of nitrogens with zero attached hydrogens (tertiary/aromatic N) is 1. The Kier molecular flexibility index (Phi) is 4.79. The predicted molar refractivity (Wildman–Crippen MR) is 62.9 cm³/mol. The summed E-state index contributed by atoms with van der Waals surface area (Å²) in [4.78, 5) is 20.6. The van der Waals surface area contributed by atoms with Crippen LogP contribution in [0, 0.1) is 10.1 Å². The third kappa shape index (κ3) is 3.39. The highest BCUT2D eigenvalue weighted by Crippen LogP contribution is 2.31. The average molecular weight is 271 g/mol. The van der Waals surface area contributed by atoms with Crippen molar-refractivity contribution >= 4 is 11.7 Å². The smallest absolute Gasteiger partial charge is 0.335 e. The number of aliphatic hydroxyl groups excluding tert-OH is 2. The van der Waals surface area contributed by atoms with E-state index in [0.29, 0.717) is 0 Å². The summed E-state index contributed by atoms with van der Waals surface area (Å²) in [5.41, 5.74) is -0.485. The summed E-state index contributed by atoms with van der Waals surface area (Å²) in [7, 11) is 0. The van der Waals surface area contributed by atoms with Crippen molar-refractivity contribution in [2.75, 3.05) is 6.61 Å². The first-order chi connectivity index (χ1) is 8.88. The molecule has 3 N–H and O–H groups in total. The van der Waals surface area contributed by atoms with Crippen LogP contribution in [0.1, 0.15) is 18.6 Å². The summed E-state index contributed by atoms with van der Waals surface area (Å²) < 4.78 is 5.14. The average Bonchev–Trinajstić information content (AvgIpc) is 2.37. The van der Waals surface area contributed by atoms with E-state index in [1.54, 1.807) is 6.92 Å². The maximum absolute atomic E-state index is 10.7. The van der Waals surface area contributed by atoms with Gasteiger partial charge in [-0.2, -0.15) is 0 Å². The molecule has 0 radical (unpaired) electrons. The molecule has 8 heteroatoms. The minimum Gasteiger partial charge on any atom is -0.493 e. The molecule has 1 aromatic carbocycles. The van der Waals surface area contributed by atoms with E-state index in [2.05, 4.69) is 0 Å². The third-order valence-electron chi connectivity index (χ3n) is 2.37. The van der Waals surface area contributed by atoms with Crippen molar-refractivity contribution in [2.45, 2.75) is 19.1 Å². The molecule has 0 saturated heterocycles. The van der Waals surface area contributed by atoms with E-state index in [-0.39, 0.29) is 23.6 Å². The maximum atomic E-state index is 10.7. The fourth-order valence-electron chi connectivity index (χ4n) is 1.47. The highest BCUT2D eigenvalue weighted by Gasteiger charge is 2.29. The number of aliphatic carboxylic acids is 1. The van der Waals surface area contributed by atoms with Crippen molar-refractivity contribution in [1.82, 2.24) is 0 Å². The number of aliphatic hydroxyl groups is 2. The molecule has 1 aromatic rings. The fraction of sp³-hybridized carbons (Fsp3) is 0.364. The van der Waals surface area contributed by atoms with Crippen LogP contribution in [0.15, 0.2) is 18.2 Å². The number of hydrogen-bond acceptors (Lipinski definition) is 6. The fourth-order valence-corrected chi connectivity index (χ4v) is 1.47. The van der Waals surface area contributed by atoms with E-state index in [0.717, 1.165) is 12.1 Å². The van der Waals surface area contributed by atoms with Crippen molar-refractivity contribution in [3.05, 3.63) is 33.9 Å². The molecule has 0 amide bonds. The van der Waals surface area contributed by atoms with Gasteiger partial charge in [0.2, 0.25) is 0 Å². The molecule has 0 aliphatic carbocycles. The van der Waals surface area contributed by atoms with Crippen molar-refractivity contribution in [1.29, 1.82) is 0 Å². The lowest BCUT2D eigenvalue weighted by molar-refractivity contribution is -0.385. The second-order valence-electron chi connectivity index (χ2n) is 3.64. The molecule has 2 atom stereocenters. The summed E-state index contributed by atoms with van der Waals surface area (Å²) in [6.45, 7) is 1.88. The van der Waals surface area contributed by atoms with Gasteiger partial charge < -0.3 is 20.1 Å². The van der Waals surface area contributed by atoms with Crippen molar-refractivity contribution in [2.24, 2.45) is 0 Å². The number of rotatable bonds is 6. The molecule has 0 saturated carbocycles. The van der Waals surface area contributed by atoms with Gasteiger partial charge >= 0.3 is 5.97 Å². The Morgan fingerprint density at radius 2 is 2.11 bits per heavy atom. The first-order valence-electron chi connectivity index (χ1n) is 5.38. The molecule has 1 rings (SSSR count). The Balaban J connectivity index is 3.23. The van der Waals surface area contributed by atoms with Crippen molar-refractivity contribution in [3.8, 4) is 5.75 Å². The van der Waals surface area contributed by atoms with Crippen LogP contribution in [-0.4, -0.2) is 38.9 Å². The molecule has 0 aromatic heterocycles. The summed E-state index contributed by atoms with van der Waals surface area (Å²) in [5.74, 6) is -1.55. The lowest BCUT2D eigenvalue weighted by atomic mass is 10.0. The Bertz CT molecular complexity index is 488. The molecular weight excluding hydrogens is 258 g/mol. The van der Waals surface area contributed by atoms with E-state index < -0.39 is 23.1 Å². The topological polar surface area (TPSA) is 130 Å². The molecule has 2 unspecified atom stereocenters. The van der Waals surface area contributed by atoms with Crippen LogP contribution in [0.4, 0.5) is 5.69 Å². The maximum Gasteiger partial charge on any atom is 0.335 e. The SMILES string of the molecule is CCOc1ccc([N+](=O)[O-])cc1C(O)C(O)C(=O)O. The molecule has 0 aliphatic rings. The minimum atomic E-state index is -2.10. The minimum absolute atomic E-state index is 0.0842. The number of carbonyl (C=O) groups is 1. The molecule has 0 fully saturated rings. The number of hydrogen-bond donors (Lipinski definition) is 3. The van der Waals surface area contributed by atoms with Crippen LogP contribution in [-0.2, 0) is 4.79 Å². The Labute approximate surface area is 108 Å². The normalized spacial score (nSPS) is 13.6. The summed E-state index contributed by atoms with van der Waals surface area (Å²) >= 11 is 0. The van der Waals surface area contributed by atoms with Crippen molar-refractivity contribution < 1.29 is 29.8 Å². The number of nitro groups is 1. The van der Waals surface area contributed by atoms with Gasteiger partial charge in [-0.15, -0.1) is 0 Å². The number of carboxylic acid groups (broad SMARTS) is 1. The van der Waals surface area contributed by atoms with E-state index in [4.69, 9.17) is 9.84 Å². The van der Waals surface area contributed by atoms with Crippen LogP contribution < -0.4 is 4.74 Å². The van der Waals surface area contributed by atoms with E-state index in [1.165, 1.54) is 6.07 Å². The summed E-state index contributed by atoms with van der Waals surface area (Å²) in [6.07, 6.45) is -3.92. The van der Waals surface area contributed by atoms with E-state index in [9.17, 15) is 25.1 Å². The van der Waals surface area contributed by atoms with E-state index >= 15 is 0 Å². The van der Waals surface area contributed by atoms with Crippen LogP contribution in [0.2, 0.25) is 0 Å². The lowest BCUT2D eigenvalue weighted by Crippen LogP contribution is -2.27. The van der Waals surface area contributed by atoms with E-state index in [1.807, 2.05) is 0 Å². The molecule has 8 nitrogen and oxygen atoms in total. The molecule has 104 valence electrons. The number of nitro benzene ring substituents is 1. The highest BCUT2D eigenvalue weighted by molar-refractivity contribution is 5.73. The summed E-state index contributed by atoms with van der Waals surface area (Å²) in [5, 5.41) is 38.3. The highest BCUT2D eigenvalue weighted by atomic mass is 16.6. The zero-order chi connectivity index (χ0) is 14.6. The zero-order valence-electron chi connectivity index (χ0n) is 10.0. The Morgan fingerprint density at radius 3 is 2.58 bits per heavy atom. The monoisotopic (exact) mass is 271 g/mol. The predicted octanol–water partition coefficient (Wildman–Crippen LogP) is 0.472. The first-order valence-corrected chi connectivity index (χ1v) is 5.38. The van der Waals surface area contributed by atoms with Gasteiger partial charge in [0.15, 0.2) is 6.10 Å². The standard InChI is InChI=1S/C11H13NO7/c1-2-19-8-4-3-6(12(17)18)5-7(8)9(13)10(14)11(15)16/h3-5,9-10,13-14H,2H2,1H3,(H,15,16). The van der Waals surface area contributed by atoms with Gasteiger partial charge in [-0.3, -0.25) is 10.1 Å². The molecule has 0 aliphatic heterocycles. The van der Waals surface area contributed by atoms with Crippen LogP contribution in [0.25, 0.3) is 0 Å². The number of benzene rings is 1. The molecule has 0 heterocycles. The first kappa shape index (κ1) is 14.9. The van der Waals surface area contributed by atoms with Gasteiger partial charge in [0, 0.05) is 17.7 Å². The Hall–Kier alpha value is -2.19. The van der Waals surface area contributed by atoms with Gasteiger partial charge in [-0.05, 0) is 13.0 Å². The second kappa shape index (κ2) is 6.12. The van der Waals surface area contributed by atoms with Gasteiger partial charge in [-0.1, -0.05) is 0 Å². The molecule has 0 spiro atoms. The van der Waals surface area contributed by atoms with Gasteiger partial charge in [0.25, 0.3) is 5.69 Å². The third-order valence-corrected chi connectivity index (χ3v) is 2.37. The number of ether oxygens (including phenoxy) is 1. The number of non-ortho nitro benzene ring substituents is 1. The van der Waals surface area contributed by atoms with Gasteiger partial charge in [-0.25, -0.2) is 4.79 Å². The quantitative estimate of drug-likeness (QED) is 0.506. The molecule has 0 bridgehead atoms. The molecular formula is C11H13NO7. The second-order valence-corrected chi connectivity index (χ2v) is 3.64. The van der Waals surface area contributed by atoms with Gasteiger partial charge in [0.1, 0.15) is 11.9 Å². The van der Waals surface area contributed by atoms with Crippen LogP contribution in [0.3, 0.4) is 0 Å². The Morgan fingerprint density at radius 1 is 1.47 bits per heavy atom. The van der Waals surface area contributed by atoms with Gasteiger partial charge in [0.05, 0.1) is 11.5 Å². The van der Waals surface area contributed by atoms with Crippen LogP contribution in [0.5, 0.6) is 5.75 Å². The lowest BCUT2D eigenvalue weighted by Gasteiger charge is -2.17. The number of carboxylic acids is 1. The largest absolute Gasteiger partial charge is 0.493 e.